The molecule has 3 rings (SSSR count). The molecule has 0 atom stereocenters. The molecule has 186 valence electrons. The van der Waals surface area contributed by atoms with Crippen LogP contribution in [0.25, 0.3) is 0 Å². The Morgan fingerprint density at radius 3 is 2.50 bits per heavy atom. The Bertz CT molecular complexity index is 971. The number of carbonyl (C=O) groups excluding carboxylic acids is 2. The summed E-state index contributed by atoms with van der Waals surface area (Å²) in [6, 6.07) is 7.29. The van der Waals surface area contributed by atoms with Gasteiger partial charge in [-0.1, -0.05) is 31.1 Å². The van der Waals surface area contributed by atoms with Gasteiger partial charge in [-0.3, -0.25) is 9.59 Å². The van der Waals surface area contributed by atoms with Crippen molar-refractivity contribution >= 4 is 11.8 Å². The van der Waals surface area contributed by atoms with E-state index in [1.807, 2.05) is 45.0 Å². The smallest absolute Gasteiger partial charge is 0.257 e. The number of para-hydroxylation sites is 1. The quantitative estimate of drug-likeness (QED) is 0.604. The van der Waals surface area contributed by atoms with Crippen LogP contribution in [0.2, 0.25) is 0 Å². The Labute approximate surface area is 202 Å². The van der Waals surface area contributed by atoms with Crippen LogP contribution in [0.1, 0.15) is 54.1 Å². The van der Waals surface area contributed by atoms with Crippen molar-refractivity contribution in [3.63, 3.8) is 0 Å². The minimum Gasteiger partial charge on any atom is -0.488 e. The molecular weight excluding hydrogens is 432 g/mol. The van der Waals surface area contributed by atoms with Crippen LogP contribution in [0.15, 0.2) is 28.8 Å². The fourth-order valence-corrected chi connectivity index (χ4v) is 4.52. The lowest BCUT2D eigenvalue weighted by Crippen LogP contribution is -2.46. The van der Waals surface area contributed by atoms with Gasteiger partial charge in [0, 0.05) is 32.1 Å². The molecule has 1 saturated heterocycles. The third-order valence-electron chi connectivity index (χ3n) is 6.31. The van der Waals surface area contributed by atoms with Gasteiger partial charge in [0.2, 0.25) is 5.91 Å². The number of carbonyl (C=O) groups is 2. The first-order chi connectivity index (χ1) is 16.1. The molecule has 2 aromatic rings. The maximum absolute atomic E-state index is 13.3. The Morgan fingerprint density at radius 1 is 1.21 bits per heavy atom. The summed E-state index contributed by atoms with van der Waals surface area (Å²) in [5.41, 5.74) is 2.21. The number of aromatic nitrogens is 1. The second-order valence-corrected chi connectivity index (χ2v) is 10.3. The number of amides is 2. The van der Waals surface area contributed by atoms with E-state index < -0.39 is 0 Å². The normalized spacial score (nSPS) is 15.0. The van der Waals surface area contributed by atoms with Gasteiger partial charge >= 0.3 is 0 Å². The fourth-order valence-electron chi connectivity index (χ4n) is 4.52. The molecule has 0 spiro atoms. The molecule has 2 amide bonds. The molecule has 1 aromatic carbocycles. The molecule has 0 bridgehead atoms. The van der Waals surface area contributed by atoms with E-state index in [2.05, 4.69) is 29.2 Å². The highest BCUT2D eigenvalue weighted by Gasteiger charge is 2.30. The predicted molar refractivity (Wildman–Crippen MR) is 131 cm³/mol. The van der Waals surface area contributed by atoms with Crippen LogP contribution in [0, 0.1) is 25.2 Å². The summed E-state index contributed by atoms with van der Waals surface area (Å²) >= 11 is 0. The average molecular weight is 471 g/mol. The number of hydrogen-bond acceptors (Lipinski definition) is 6. The van der Waals surface area contributed by atoms with Gasteiger partial charge in [0.1, 0.15) is 18.1 Å². The highest BCUT2D eigenvalue weighted by molar-refractivity contribution is 5.97. The lowest BCUT2D eigenvalue weighted by molar-refractivity contribution is -0.126. The van der Waals surface area contributed by atoms with Crippen molar-refractivity contribution in [2.75, 3.05) is 40.3 Å². The maximum Gasteiger partial charge on any atom is 0.257 e. The minimum atomic E-state index is -0.0691. The second-order valence-electron chi connectivity index (χ2n) is 10.3. The lowest BCUT2D eigenvalue weighted by Gasteiger charge is -2.33. The van der Waals surface area contributed by atoms with Gasteiger partial charge in [-0.15, -0.1) is 0 Å². The summed E-state index contributed by atoms with van der Waals surface area (Å²) in [7, 11) is 4.08. The standard InChI is InChI=1S/C26H38N4O4/c1-18-22(19(2)34-28-18)15-33-23-10-8-7-9-21(23)25(32)30-13-11-20(12-14-30)24(31)27-16-26(3,4)17-29(5)6/h7-10,20H,11-17H2,1-6H3,(H,27,31). The number of nitrogens with one attached hydrogen (secondary N) is 1. The van der Waals surface area contributed by atoms with E-state index in [1.165, 1.54) is 0 Å². The molecule has 1 fully saturated rings. The monoisotopic (exact) mass is 470 g/mol. The summed E-state index contributed by atoms with van der Waals surface area (Å²) in [5, 5.41) is 7.07. The molecule has 0 aliphatic carbocycles. The summed E-state index contributed by atoms with van der Waals surface area (Å²) in [6.07, 6.45) is 1.32. The van der Waals surface area contributed by atoms with Crippen LogP contribution in [0.5, 0.6) is 5.75 Å². The summed E-state index contributed by atoms with van der Waals surface area (Å²) in [4.78, 5) is 29.9. The Balaban J connectivity index is 1.55. The van der Waals surface area contributed by atoms with Gasteiger partial charge in [0.25, 0.3) is 5.91 Å². The average Bonchev–Trinajstić information content (AvgIpc) is 3.12. The van der Waals surface area contributed by atoms with Crippen molar-refractivity contribution in [3.8, 4) is 5.75 Å². The summed E-state index contributed by atoms with van der Waals surface area (Å²) in [5.74, 6) is 1.20. The first kappa shape index (κ1) is 25.7. The van der Waals surface area contributed by atoms with Crippen molar-refractivity contribution in [2.24, 2.45) is 11.3 Å². The summed E-state index contributed by atoms with van der Waals surface area (Å²) in [6.45, 7) is 11.0. The zero-order valence-corrected chi connectivity index (χ0v) is 21.3. The van der Waals surface area contributed by atoms with E-state index in [-0.39, 0.29) is 29.8 Å². The van der Waals surface area contributed by atoms with Gasteiger partial charge in [-0.25, -0.2) is 0 Å². The highest BCUT2D eigenvalue weighted by atomic mass is 16.5. The molecule has 8 nitrogen and oxygen atoms in total. The molecule has 0 unspecified atom stereocenters. The predicted octanol–water partition coefficient (Wildman–Crippen LogP) is 3.43. The SMILES string of the molecule is Cc1noc(C)c1COc1ccccc1C(=O)N1CCC(C(=O)NCC(C)(C)CN(C)C)CC1. The van der Waals surface area contributed by atoms with Crippen LogP contribution >= 0.6 is 0 Å². The van der Waals surface area contributed by atoms with E-state index >= 15 is 0 Å². The zero-order valence-electron chi connectivity index (χ0n) is 21.3. The van der Waals surface area contributed by atoms with E-state index in [1.54, 1.807) is 12.1 Å². The van der Waals surface area contributed by atoms with Gasteiger partial charge < -0.3 is 24.4 Å². The molecule has 0 radical (unpaired) electrons. The second kappa shape index (κ2) is 11.0. The Morgan fingerprint density at radius 2 is 1.88 bits per heavy atom. The molecule has 2 heterocycles. The van der Waals surface area contributed by atoms with Crippen LogP contribution in [0.4, 0.5) is 0 Å². The Kier molecular flexibility index (Phi) is 8.36. The molecule has 1 aliphatic heterocycles. The van der Waals surface area contributed by atoms with Gasteiger partial charge in [0.15, 0.2) is 0 Å². The van der Waals surface area contributed by atoms with Crippen molar-refractivity contribution in [2.45, 2.75) is 47.1 Å². The van der Waals surface area contributed by atoms with Crippen LogP contribution in [-0.2, 0) is 11.4 Å². The van der Waals surface area contributed by atoms with Gasteiger partial charge in [-0.2, -0.15) is 0 Å². The molecular formula is C26H38N4O4. The number of piperidine rings is 1. The zero-order chi connectivity index (χ0) is 24.9. The first-order valence-corrected chi connectivity index (χ1v) is 11.9. The minimum absolute atomic E-state index is 0.00312. The first-order valence-electron chi connectivity index (χ1n) is 11.9. The van der Waals surface area contributed by atoms with Gasteiger partial charge in [0.05, 0.1) is 16.8 Å². The Hall–Kier alpha value is -2.87. The van der Waals surface area contributed by atoms with E-state index in [0.717, 1.165) is 17.8 Å². The van der Waals surface area contributed by atoms with Crippen molar-refractivity contribution in [1.29, 1.82) is 0 Å². The lowest BCUT2D eigenvalue weighted by atomic mass is 9.91. The van der Waals surface area contributed by atoms with E-state index in [4.69, 9.17) is 9.26 Å². The molecule has 1 N–H and O–H groups in total. The fraction of sp³-hybridized carbons (Fsp3) is 0.577. The largest absolute Gasteiger partial charge is 0.488 e. The number of hydrogen-bond donors (Lipinski definition) is 1. The number of likely N-dealkylation sites (tertiary alicyclic amines) is 1. The van der Waals surface area contributed by atoms with Crippen molar-refractivity contribution in [3.05, 3.63) is 46.8 Å². The molecule has 1 aromatic heterocycles. The number of ether oxygens (including phenoxy) is 1. The number of rotatable bonds is 9. The molecule has 0 saturated carbocycles. The van der Waals surface area contributed by atoms with E-state index in [0.29, 0.717) is 49.5 Å². The van der Waals surface area contributed by atoms with Crippen LogP contribution < -0.4 is 10.1 Å². The van der Waals surface area contributed by atoms with Crippen LogP contribution in [-0.4, -0.2) is 67.0 Å². The highest BCUT2D eigenvalue weighted by Crippen LogP contribution is 2.26. The number of nitrogens with zero attached hydrogens (tertiary/aromatic N) is 3. The van der Waals surface area contributed by atoms with E-state index in [9.17, 15) is 9.59 Å². The number of aryl methyl sites for hydroxylation is 2. The van der Waals surface area contributed by atoms with Crippen molar-refractivity contribution in [1.82, 2.24) is 20.3 Å². The topological polar surface area (TPSA) is 87.9 Å². The third-order valence-corrected chi connectivity index (χ3v) is 6.31. The molecule has 34 heavy (non-hydrogen) atoms. The number of benzene rings is 1. The molecule has 1 aliphatic rings. The van der Waals surface area contributed by atoms with Gasteiger partial charge in [-0.05, 0) is 58.3 Å². The van der Waals surface area contributed by atoms with Crippen molar-refractivity contribution < 1.29 is 18.8 Å². The molecule has 8 heteroatoms. The summed E-state index contributed by atoms with van der Waals surface area (Å²) < 4.78 is 11.2. The van der Waals surface area contributed by atoms with Crippen LogP contribution in [0.3, 0.4) is 0 Å². The third kappa shape index (κ3) is 6.59. The maximum atomic E-state index is 13.3.